The molecule has 5 nitrogen and oxygen atoms in total. The first-order valence-corrected chi connectivity index (χ1v) is 12.2. The van der Waals surface area contributed by atoms with Crippen LogP contribution in [0.25, 0.3) is 10.2 Å². The zero-order valence-electron chi connectivity index (χ0n) is 17.4. The highest BCUT2D eigenvalue weighted by Gasteiger charge is 2.20. The van der Waals surface area contributed by atoms with E-state index in [1.54, 1.807) is 24.3 Å². The predicted octanol–water partition coefficient (Wildman–Crippen LogP) is 5.98. The number of fused-ring (bicyclic) bond motifs is 1. The Kier molecular flexibility index (Phi) is 6.95. The third-order valence-electron chi connectivity index (χ3n) is 4.91. The van der Waals surface area contributed by atoms with E-state index in [-0.39, 0.29) is 5.91 Å². The van der Waals surface area contributed by atoms with Crippen LogP contribution in [-0.4, -0.2) is 32.7 Å². The molecule has 0 unspecified atom stereocenters. The number of amides is 1. The van der Waals surface area contributed by atoms with E-state index in [4.69, 9.17) is 16.6 Å². The Morgan fingerprint density at radius 2 is 2.03 bits per heavy atom. The Morgan fingerprint density at radius 1 is 1.23 bits per heavy atom. The van der Waals surface area contributed by atoms with Gasteiger partial charge in [0.15, 0.2) is 5.13 Å². The molecule has 2 aromatic heterocycles. The smallest absolute Gasteiger partial charge is 0.239 e. The summed E-state index contributed by atoms with van der Waals surface area (Å²) in [7, 11) is 0. The van der Waals surface area contributed by atoms with Gasteiger partial charge in [-0.05, 0) is 50.1 Å². The molecule has 0 bridgehead atoms. The fourth-order valence-corrected chi connectivity index (χ4v) is 5.51. The van der Waals surface area contributed by atoms with Gasteiger partial charge in [0.05, 0.1) is 22.3 Å². The normalized spacial score (nSPS) is 11.2. The maximum Gasteiger partial charge on any atom is 0.239 e. The van der Waals surface area contributed by atoms with Gasteiger partial charge in [-0.15, -0.1) is 11.8 Å². The molecule has 0 spiro atoms. The maximum atomic E-state index is 13.2. The van der Waals surface area contributed by atoms with Crippen LogP contribution in [-0.2, 0) is 11.3 Å². The van der Waals surface area contributed by atoms with Gasteiger partial charge in [-0.1, -0.05) is 40.6 Å². The van der Waals surface area contributed by atoms with Gasteiger partial charge >= 0.3 is 0 Å². The van der Waals surface area contributed by atoms with Gasteiger partial charge in [-0.25, -0.2) is 9.97 Å². The SMILES string of the molecule is Cc1ccc(SCC(=O)N(CCCn2ccnc2)c2nc3c(C)cc(Cl)cc3s2)cc1. The van der Waals surface area contributed by atoms with Crippen molar-refractivity contribution in [3.8, 4) is 0 Å². The van der Waals surface area contributed by atoms with Gasteiger partial charge in [-0.3, -0.25) is 9.69 Å². The topological polar surface area (TPSA) is 51.0 Å². The lowest BCUT2D eigenvalue weighted by molar-refractivity contribution is -0.116. The number of anilines is 1. The molecule has 0 aliphatic carbocycles. The minimum atomic E-state index is 0.0546. The van der Waals surface area contributed by atoms with Gasteiger partial charge in [0, 0.05) is 35.4 Å². The first kappa shape index (κ1) is 21.9. The Morgan fingerprint density at radius 3 is 2.77 bits per heavy atom. The van der Waals surface area contributed by atoms with Crippen LogP contribution in [0.15, 0.2) is 60.0 Å². The van der Waals surface area contributed by atoms with E-state index in [0.717, 1.165) is 38.8 Å². The summed E-state index contributed by atoms with van der Waals surface area (Å²) in [6.07, 6.45) is 6.30. The number of hydrogen-bond donors (Lipinski definition) is 0. The molecule has 0 atom stereocenters. The molecule has 1 amide bonds. The number of aromatic nitrogens is 3. The molecule has 0 aliphatic heterocycles. The molecule has 160 valence electrons. The molecule has 4 aromatic rings. The first-order valence-electron chi connectivity index (χ1n) is 10.0. The third-order valence-corrected chi connectivity index (χ3v) is 7.15. The maximum absolute atomic E-state index is 13.2. The van der Waals surface area contributed by atoms with Crippen molar-refractivity contribution in [2.45, 2.75) is 31.7 Å². The number of benzene rings is 2. The lowest BCUT2D eigenvalue weighted by Crippen LogP contribution is -2.33. The standard InChI is InChI=1S/C23H23ClN4OS2/c1-16-4-6-19(7-5-16)30-14-21(29)28(10-3-9-27-11-8-25-15-27)23-26-22-17(2)12-18(24)13-20(22)31-23/h4-8,11-13,15H,3,9-10,14H2,1-2H3. The monoisotopic (exact) mass is 470 g/mol. The average molecular weight is 471 g/mol. The molecule has 4 rings (SSSR count). The van der Waals surface area contributed by atoms with E-state index in [9.17, 15) is 4.79 Å². The average Bonchev–Trinajstić information content (AvgIpc) is 3.40. The van der Waals surface area contributed by atoms with Crippen molar-refractivity contribution in [3.63, 3.8) is 0 Å². The summed E-state index contributed by atoms with van der Waals surface area (Å²) in [5.41, 5.74) is 3.13. The lowest BCUT2D eigenvalue weighted by Gasteiger charge is -2.20. The Labute approximate surface area is 195 Å². The zero-order chi connectivity index (χ0) is 21.8. The van der Waals surface area contributed by atoms with Crippen LogP contribution in [0.4, 0.5) is 5.13 Å². The Balaban J connectivity index is 1.53. The molecule has 2 aromatic carbocycles. The van der Waals surface area contributed by atoms with Gasteiger partial charge < -0.3 is 4.57 Å². The third kappa shape index (κ3) is 5.47. The van der Waals surface area contributed by atoms with Crippen LogP contribution in [0, 0.1) is 13.8 Å². The van der Waals surface area contributed by atoms with Crippen LogP contribution < -0.4 is 4.90 Å². The Bertz CT molecular complexity index is 1170. The molecular weight excluding hydrogens is 448 g/mol. The second kappa shape index (κ2) is 9.85. The second-order valence-electron chi connectivity index (χ2n) is 7.37. The number of thiazole rings is 1. The quantitative estimate of drug-likeness (QED) is 0.297. The van der Waals surface area contributed by atoms with Gasteiger partial charge in [0.2, 0.25) is 5.91 Å². The summed E-state index contributed by atoms with van der Waals surface area (Å²) < 4.78 is 3.02. The molecule has 0 N–H and O–H groups in total. The summed E-state index contributed by atoms with van der Waals surface area (Å²) in [6, 6.07) is 12.1. The van der Waals surface area contributed by atoms with Crippen LogP contribution in [0.1, 0.15) is 17.5 Å². The number of halogens is 1. The molecule has 0 radical (unpaired) electrons. The number of hydrogen-bond acceptors (Lipinski definition) is 5. The largest absolute Gasteiger partial charge is 0.337 e. The van der Waals surface area contributed by atoms with E-state index in [2.05, 4.69) is 36.2 Å². The predicted molar refractivity (Wildman–Crippen MR) is 130 cm³/mol. The van der Waals surface area contributed by atoms with E-state index < -0.39 is 0 Å². The van der Waals surface area contributed by atoms with Crippen molar-refractivity contribution in [3.05, 3.63) is 71.3 Å². The molecule has 2 heterocycles. The molecule has 0 saturated carbocycles. The number of imidazole rings is 1. The van der Waals surface area contributed by atoms with Crippen LogP contribution in [0.2, 0.25) is 5.02 Å². The Hall–Kier alpha value is -2.35. The van der Waals surface area contributed by atoms with Gasteiger partial charge in [0.25, 0.3) is 0 Å². The van der Waals surface area contributed by atoms with Crippen LogP contribution >= 0.6 is 34.7 Å². The van der Waals surface area contributed by atoms with Crippen LogP contribution in [0.3, 0.4) is 0 Å². The summed E-state index contributed by atoms with van der Waals surface area (Å²) >= 11 is 9.30. The van der Waals surface area contributed by atoms with Crippen molar-refractivity contribution < 1.29 is 4.79 Å². The minimum Gasteiger partial charge on any atom is -0.337 e. The highest BCUT2D eigenvalue weighted by atomic mass is 35.5. The van der Waals surface area contributed by atoms with Crippen molar-refractivity contribution in [1.29, 1.82) is 0 Å². The molecular formula is C23H23ClN4OS2. The van der Waals surface area contributed by atoms with Crippen molar-refractivity contribution in [2.75, 3.05) is 17.2 Å². The molecule has 8 heteroatoms. The van der Waals surface area contributed by atoms with E-state index in [1.807, 2.05) is 34.7 Å². The zero-order valence-corrected chi connectivity index (χ0v) is 19.8. The molecule has 0 fully saturated rings. The number of rotatable bonds is 8. The summed E-state index contributed by atoms with van der Waals surface area (Å²) in [6.45, 7) is 5.45. The summed E-state index contributed by atoms with van der Waals surface area (Å²) in [5.74, 6) is 0.420. The van der Waals surface area contributed by atoms with Gasteiger partial charge in [0.1, 0.15) is 0 Å². The first-order chi connectivity index (χ1) is 15.0. The highest BCUT2D eigenvalue weighted by molar-refractivity contribution is 8.00. The second-order valence-corrected chi connectivity index (χ2v) is 9.86. The van der Waals surface area contributed by atoms with E-state index in [0.29, 0.717) is 17.3 Å². The van der Waals surface area contributed by atoms with Crippen molar-refractivity contribution in [2.24, 2.45) is 0 Å². The fourth-order valence-electron chi connectivity index (χ4n) is 3.27. The molecule has 31 heavy (non-hydrogen) atoms. The number of aryl methyl sites for hydroxylation is 3. The highest BCUT2D eigenvalue weighted by Crippen LogP contribution is 2.33. The summed E-state index contributed by atoms with van der Waals surface area (Å²) in [5, 5.41) is 1.41. The number of carbonyl (C=O) groups excluding carboxylic acids is 1. The van der Waals surface area contributed by atoms with Gasteiger partial charge in [-0.2, -0.15) is 0 Å². The number of carbonyl (C=O) groups is 1. The molecule has 0 saturated heterocycles. The van der Waals surface area contributed by atoms with E-state index in [1.165, 1.54) is 16.9 Å². The van der Waals surface area contributed by atoms with Crippen molar-refractivity contribution >= 4 is 56.0 Å². The number of thioether (sulfide) groups is 1. The minimum absolute atomic E-state index is 0.0546. The fraction of sp³-hybridized carbons (Fsp3) is 0.261. The molecule has 0 aliphatic rings. The lowest BCUT2D eigenvalue weighted by atomic mass is 10.2. The van der Waals surface area contributed by atoms with Crippen LogP contribution in [0.5, 0.6) is 0 Å². The van der Waals surface area contributed by atoms with E-state index >= 15 is 0 Å². The van der Waals surface area contributed by atoms with Crippen molar-refractivity contribution in [1.82, 2.24) is 14.5 Å². The number of nitrogens with zero attached hydrogens (tertiary/aromatic N) is 4. The summed E-state index contributed by atoms with van der Waals surface area (Å²) in [4.78, 5) is 25.0.